The Morgan fingerprint density at radius 3 is 2.11 bits per heavy atom. The molecule has 0 aliphatic carbocycles. The highest BCUT2D eigenvalue weighted by atomic mass is 16.5. The number of hydrogen-bond donors (Lipinski definition) is 1. The van der Waals surface area contributed by atoms with E-state index in [0.29, 0.717) is 25.0 Å². The van der Waals surface area contributed by atoms with Crippen LogP contribution in [0, 0.1) is 11.8 Å². The Morgan fingerprint density at radius 1 is 1.05 bits per heavy atom. The minimum atomic E-state index is 0.200. The Labute approximate surface area is 117 Å². The first kappa shape index (κ1) is 15.8. The van der Waals surface area contributed by atoms with Crippen LogP contribution < -0.4 is 15.2 Å². The molecule has 0 radical (unpaired) electrons. The van der Waals surface area contributed by atoms with Crippen LogP contribution in [0.2, 0.25) is 0 Å². The van der Waals surface area contributed by atoms with Gasteiger partial charge in [0.2, 0.25) is 0 Å². The molecule has 0 aromatic heterocycles. The summed E-state index contributed by atoms with van der Waals surface area (Å²) in [6.07, 6.45) is 0.968. The molecule has 0 fully saturated rings. The highest BCUT2D eigenvalue weighted by Gasteiger charge is 2.18. The average Bonchev–Trinajstić information content (AvgIpc) is 2.35. The Hall–Kier alpha value is -1.22. The van der Waals surface area contributed by atoms with Gasteiger partial charge >= 0.3 is 0 Å². The molecule has 3 heteroatoms. The summed E-state index contributed by atoms with van der Waals surface area (Å²) in [7, 11) is 0. The van der Waals surface area contributed by atoms with Crippen LogP contribution in [0.4, 0.5) is 0 Å². The number of ether oxygens (including phenoxy) is 2. The maximum atomic E-state index is 6.01. The quantitative estimate of drug-likeness (QED) is 0.782. The molecule has 0 bridgehead atoms. The number of nitrogens with two attached hydrogens (primary N) is 1. The van der Waals surface area contributed by atoms with E-state index in [1.54, 1.807) is 0 Å². The molecule has 0 amide bonds. The molecule has 19 heavy (non-hydrogen) atoms. The third-order valence-corrected chi connectivity index (χ3v) is 3.39. The Bertz CT molecular complexity index is 356. The second kappa shape index (κ2) is 8.05. The largest absolute Gasteiger partial charge is 0.490 e. The van der Waals surface area contributed by atoms with Crippen molar-refractivity contribution < 1.29 is 9.47 Å². The number of benzene rings is 1. The van der Waals surface area contributed by atoms with Gasteiger partial charge in [0.05, 0.1) is 13.2 Å². The van der Waals surface area contributed by atoms with Crippen LogP contribution >= 0.6 is 0 Å². The standard InChI is InChI=1S/C16H27NO2/c1-5-18-15-8-6-7-9-16(15)19-11-10-14(12(2)3)13(4)17/h6-9,12-14H,5,10-11,17H2,1-4H3. The van der Waals surface area contributed by atoms with Gasteiger partial charge < -0.3 is 15.2 Å². The summed E-state index contributed by atoms with van der Waals surface area (Å²) < 4.78 is 11.4. The fraction of sp³-hybridized carbons (Fsp3) is 0.625. The van der Waals surface area contributed by atoms with Gasteiger partial charge in [-0.05, 0) is 44.2 Å². The summed E-state index contributed by atoms with van der Waals surface area (Å²) in [6, 6.07) is 8.00. The molecule has 1 aromatic rings. The summed E-state index contributed by atoms with van der Waals surface area (Å²) in [5.74, 6) is 2.69. The zero-order chi connectivity index (χ0) is 14.3. The number of hydrogen-bond acceptors (Lipinski definition) is 3. The molecule has 0 aliphatic rings. The lowest BCUT2D eigenvalue weighted by atomic mass is 9.87. The second-order valence-corrected chi connectivity index (χ2v) is 5.28. The van der Waals surface area contributed by atoms with E-state index in [1.165, 1.54) is 0 Å². The fourth-order valence-electron chi connectivity index (χ4n) is 2.35. The van der Waals surface area contributed by atoms with Gasteiger partial charge in [0.1, 0.15) is 0 Å². The molecule has 2 atom stereocenters. The SMILES string of the molecule is CCOc1ccccc1OCCC(C(C)C)C(C)N. The van der Waals surface area contributed by atoms with Gasteiger partial charge in [0.15, 0.2) is 11.5 Å². The molecular weight excluding hydrogens is 238 g/mol. The second-order valence-electron chi connectivity index (χ2n) is 5.28. The molecule has 108 valence electrons. The Morgan fingerprint density at radius 2 is 1.63 bits per heavy atom. The molecular formula is C16H27NO2. The van der Waals surface area contributed by atoms with Gasteiger partial charge in [-0.15, -0.1) is 0 Å². The van der Waals surface area contributed by atoms with Crippen molar-refractivity contribution in [2.75, 3.05) is 13.2 Å². The van der Waals surface area contributed by atoms with Gasteiger partial charge in [-0.1, -0.05) is 26.0 Å². The lowest BCUT2D eigenvalue weighted by Crippen LogP contribution is -2.31. The number of rotatable bonds is 8. The molecule has 2 N–H and O–H groups in total. The molecule has 0 heterocycles. The topological polar surface area (TPSA) is 44.5 Å². The average molecular weight is 265 g/mol. The normalized spacial score (nSPS) is 14.2. The third kappa shape index (κ3) is 5.11. The van der Waals surface area contributed by atoms with Crippen molar-refractivity contribution in [1.29, 1.82) is 0 Å². The van der Waals surface area contributed by atoms with Crippen molar-refractivity contribution in [1.82, 2.24) is 0 Å². The first-order chi connectivity index (χ1) is 9.06. The van der Waals surface area contributed by atoms with Gasteiger partial charge in [0.25, 0.3) is 0 Å². The monoisotopic (exact) mass is 265 g/mol. The molecule has 1 aromatic carbocycles. The molecule has 2 unspecified atom stereocenters. The predicted octanol–water partition coefficient (Wildman–Crippen LogP) is 3.47. The van der Waals surface area contributed by atoms with Crippen LogP contribution in [0.1, 0.15) is 34.1 Å². The van der Waals surface area contributed by atoms with E-state index < -0.39 is 0 Å². The summed E-state index contributed by atoms with van der Waals surface area (Å²) in [4.78, 5) is 0. The molecule has 0 aliphatic heterocycles. The van der Waals surface area contributed by atoms with Crippen LogP contribution in [0.3, 0.4) is 0 Å². The fourth-order valence-corrected chi connectivity index (χ4v) is 2.35. The van der Waals surface area contributed by atoms with E-state index in [4.69, 9.17) is 15.2 Å². The van der Waals surface area contributed by atoms with Crippen molar-refractivity contribution in [3.63, 3.8) is 0 Å². The highest BCUT2D eigenvalue weighted by Crippen LogP contribution is 2.27. The van der Waals surface area contributed by atoms with Crippen LogP contribution in [0.5, 0.6) is 11.5 Å². The zero-order valence-corrected chi connectivity index (χ0v) is 12.6. The van der Waals surface area contributed by atoms with Crippen molar-refractivity contribution in [3.8, 4) is 11.5 Å². The van der Waals surface area contributed by atoms with Gasteiger partial charge in [0, 0.05) is 6.04 Å². The van der Waals surface area contributed by atoms with E-state index >= 15 is 0 Å². The Balaban J connectivity index is 2.52. The van der Waals surface area contributed by atoms with E-state index in [1.807, 2.05) is 31.2 Å². The van der Waals surface area contributed by atoms with E-state index in [2.05, 4.69) is 20.8 Å². The lowest BCUT2D eigenvalue weighted by molar-refractivity contribution is 0.220. The van der Waals surface area contributed by atoms with Gasteiger partial charge in [-0.25, -0.2) is 0 Å². The van der Waals surface area contributed by atoms with Crippen molar-refractivity contribution >= 4 is 0 Å². The van der Waals surface area contributed by atoms with Crippen molar-refractivity contribution in [3.05, 3.63) is 24.3 Å². The molecule has 0 saturated heterocycles. The van der Waals surface area contributed by atoms with Crippen molar-refractivity contribution in [2.24, 2.45) is 17.6 Å². The van der Waals surface area contributed by atoms with Crippen LogP contribution in [-0.4, -0.2) is 19.3 Å². The smallest absolute Gasteiger partial charge is 0.161 e. The first-order valence-corrected chi connectivity index (χ1v) is 7.16. The summed E-state index contributed by atoms with van der Waals surface area (Å²) in [6.45, 7) is 9.79. The van der Waals surface area contributed by atoms with Crippen molar-refractivity contribution in [2.45, 2.75) is 40.2 Å². The maximum Gasteiger partial charge on any atom is 0.161 e. The minimum absolute atomic E-state index is 0.200. The summed E-state index contributed by atoms with van der Waals surface area (Å²) >= 11 is 0. The molecule has 3 nitrogen and oxygen atoms in total. The molecule has 0 spiro atoms. The minimum Gasteiger partial charge on any atom is -0.490 e. The van der Waals surface area contributed by atoms with E-state index in [-0.39, 0.29) is 6.04 Å². The van der Waals surface area contributed by atoms with E-state index in [0.717, 1.165) is 17.9 Å². The Kier molecular flexibility index (Phi) is 6.71. The third-order valence-electron chi connectivity index (χ3n) is 3.39. The lowest BCUT2D eigenvalue weighted by Gasteiger charge is -2.24. The predicted molar refractivity (Wildman–Crippen MR) is 79.7 cm³/mol. The maximum absolute atomic E-state index is 6.01. The highest BCUT2D eigenvalue weighted by molar-refractivity contribution is 5.39. The van der Waals surface area contributed by atoms with E-state index in [9.17, 15) is 0 Å². The van der Waals surface area contributed by atoms with Crippen LogP contribution in [-0.2, 0) is 0 Å². The molecule has 1 rings (SSSR count). The van der Waals surface area contributed by atoms with Crippen LogP contribution in [0.15, 0.2) is 24.3 Å². The number of para-hydroxylation sites is 2. The summed E-state index contributed by atoms with van der Waals surface area (Å²) in [5, 5.41) is 0. The van der Waals surface area contributed by atoms with Crippen LogP contribution in [0.25, 0.3) is 0 Å². The summed E-state index contributed by atoms with van der Waals surface area (Å²) in [5.41, 5.74) is 6.01. The first-order valence-electron chi connectivity index (χ1n) is 7.16. The zero-order valence-electron chi connectivity index (χ0n) is 12.6. The van der Waals surface area contributed by atoms with Gasteiger partial charge in [-0.3, -0.25) is 0 Å². The van der Waals surface area contributed by atoms with Gasteiger partial charge in [-0.2, -0.15) is 0 Å². The molecule has 0 saturated carbocycles.